The molecule has 0 unspecified atom stereocenters. The molecular weight excluding hydrogens is 371 g/mol. The van der Waals surface area contributed by atoms with Crippen molar-refractivity contribution in [2.24, 2.45) is 0 Å². The second-order valence-corrected chi connectivity index (χ2v) is 7.65. The molecule has 0 aromatic heterocycles. The van der Waals surface area contributed by atoms with Crippen molar-refractivity contribution in [1.82, 2.24) is 4.90 Å². The number of alkyl halides is 2. The van der Waals surface area contributed by atoms with Crippen molar-refractivity contribution in [2.45, 2.75) is 50.0 Å². The number of carbonyl (C=O) groups is 1. The Bertz CT molecular complexity index is 917. The van der Waals surface area contributed by atoms with Crippen molar-refractivity contribution in [3.05, 3.63) is 59.4 Å². The molecule has 2 saturated heterocycles. The highest BCUT2D eigenvalue weighted by atomic mass is 19.3. The number of hydrogen-bond acceptors (Lipinski definition) is 3. The normalized spacial score (nSPS) is 27.1. The predicted molar refractivity (Wildman–Crippen MR) is 94.0 cm³/mol. The first-order chi connectivity index (χ1) is 13.4. The van der Waals surface area contributed by atoms with Gasteiger partial charge in [-0.05, 0) is 67.5 Å². The molecule has 0 N–H and O–H groups in total. The van der Waals surface area contributed by atoms with Gasteiger partial charge in [0.25, 0.3) is 5.91 Å². The summed E-state index contributed by atoms with van der Waals surface area (Å²) >= 11 is 0. The molecule has 0 radical (unpaired) electrons. The number of piperidine rings is 1. The van der Waals surface area contributed by atoms with E-state index in [0.717, 1.165) is 31.2 Å². The first-order valence-corrected chi connectivity index (χ1v) is 9.38. The number of halogens is 3. The molecule has 0 spiro atoms. The van der Waals surface area contributed by atoms with Gasteiger partial charge in [0, 0.05) is 17.6 Å². The van der Waals surface area contributed by atoms with Crippen molar-refractivity contribution in [2.75, 3.05) is 0 Å². The first-order valence-electron chi connectivity index (χ1n) is 9.38. The lowest BCUT2D eigenvalue weighted by atomic mass is 9.85. The Morgan fingerprint density at radius 2 is 1.61 bits per heavy atom. The molecule has 1 amide bonds. The minimum atomic E-state index is -3.70. The second-order valence-electron chi connectivity index (χ2n) is 7.65. The lowest BCUT2D eigenvalue weighted by molar-refractivity contribution is -0.286. The number of benzene rings is 2. The van der Waals surface area contributed by atoms with Crippen LogP contribution in [0.4, 0.5) is 13.2 Å². The number of hydrogen-bond donors (Lipinski definition) is 0. The molecule has 0 saturated carbocycles. The fraction of sp³-hybridized carbons (Fsp3) is 0.381. The molecule has 0 aliphatic carbocycles. The van der Waals surface area contributed by atoms with E-state index in [1.165, 1.54) is 30.3 Å². The maximum absolute atomic E-state index is 13.2. The lowest BCUT2D eigenvalue weighted by Gasteiger charge is -2.39. The van der Waals surface area contributed by atoms with Crippen LogP contribution in [0.3, 0.4) is 0 Å². The number of ether oxygens (including phenoxy) is 2. The summed E-state index contributed by atoms with van der Waals surface area (Å²) in [6, 6.07) is 10.9. The summed E-state index contributed by atoms with van der Waals surface area (Å²) in [5, 5.41) is 0. The molecule has 146 valence electrons. The Morgan fingerprint density at radius 3 is 2.29 bits per heavy atom. The first kappa shape index (κ1) is 17.4. The average molecular weight is 389 g/mol. The molecule has 2 aromatic carbocycles. The van der Waals surface area contributed by atoms with Gasteiger partial charge in [0.1, 0.15) is 5.82 Å². The topological polar surface area (TPSA) is 38.8 Å². The van der Waals surface area contributed by atoms with Crippen molar-refractivity contribution >= 4 is 5.91 Å². The van der Waals surface area contributed by atoms with Crippen molar-refractivity contribution in [3.63, 3.8) is 0 Å². The number of amides is 1. The molecule has 7 heteroatoms. The highest BCUT2D eigenvalue weighted by Crippen LogP contribution is 2.45. The monoisotopic (exact) mass is 389 g/mol. The summed E-state index contributed by atoms with van der Waals surface area (Å²) in [6.45, 7) is 0. The average Bonchev–Trinajstić information content (AvgIpc) is 3.11. The molecule has 3 atom stereocenters. The third-order valence-corrected chi connectivity index (χ3v) is 5.96. The number of nitrogens with zero attached hydrogens (tertiary/aromatic N) is 1. The molecule has 3 heterocycles. The molecule has 3 aliphatic heterocycles. The fourth-order valence-corrected chi connectivity index (χ4v) is 4.75. The Labute approximate surface area is 159 Å². The Morgan fingerprint density at radius 1 is 0.964 bits per heavy atom. The van der Waals surface area contributed by atoms with Gasteiger partial charge in [0.05, 0.1) is 0 Å². The van der Waals surface area contributed by atoms with Gasteiger partial charge in [-0.2, -0.15) is 0 Å². The van der Waals surface area contributed by atoms with Crippen LogP contribution in [0.5, 0.6) is 11.5 Å². The molecule has 5 rings (SSSR count). The van der Waals surface area contributed by atoms with Crippen LogP contribution in [0.25, 0.3) is 0 Å². The molecule has 2 fully saturated rings. The van der Waals surface area contributed by atoms with E-state index in [0.29, 0.717) is 5.56 Å². The van der Waals surface area contributed by atoms with Gasteiger partial charge in [-0.1, -0.05) is 12.1 Å². The van der Waals surface area contributed by atoms with E-state index in [2.05, 4.69) is 9.47 Å². The molecule has 3 aliphatic rings. The van der Waals surface area contributed by atoms with Gasteiger partial charge in [-0.15, -0.1) is 8.78 Å². The van der Waals surface area contributed by atoms with Crippen LogP contribution >= 0.6 is 0 Å². The van der Waals surface area contributed by atoms with Crippen LogP contribution in [-0.4, -0.2) is 29.2 Å². The maximum Gasteiger partial charge on any atom is 0.586 e. The van der Waals surface area contributed by atoms with Crippen molar-refractivity contribution in [3.8, 4) is 11.5 Å². The SMILES string of the molecule is O=C(c1ccc2c(c1)OC(F)(F)O2)N1[C@@H]2CC[C@H]1C[C@@H](c1ccc(F)cc1)C2. The Balaban J connectivity index is 1.36. The van der Waals surface area contributed by atoms with E-state index in [-0.39, 0.29) is 41.2 Å². The molecule has 2 aromatic rings. The minimum absolute atomic E-state index is 0.0699. The summed E-state index contributed by atoms with van der Waals surface area (Å²) in [6.07, 6.45) is -0.239. The molecule has 2 bridgehead atoms. The zero-order chi connectivity index (χ0) is 19.5. The highest BCUT2D eigenvalue weighted by Gasteiger charge is 2.46. The zero-order valence-corrected chi connectivity index (χ0v) is 14.9. The van der Waals surface area contributed by atoms with E-state index < -0.39 is 6.29 Å². The van der Waals surface area contributed by atoms with Gasteiger partial charge in [-0.25, -0.2) is 4.39 Å². The summed E-state index contributed by atoms with van der Waals surface area (Å²) in [5.74, 6) is -0.332. The van der Waals surface area contributed by atoms with Gasteiger partial charge < -0.3 is 14.4 Å². The van der Waals surface area contributed by atoms with E-state index in [4.69, 9.17) is 0 Å². The van der Waals surface area contributed by atoms with Crippen LogP contribution in [0.15, 0.2) is 42.5 Å². The van der Waals surface area contributed by atoms with Gasteiger partial charge >= 0.3 is 6.29 Å². The largest absolute Gasteiger partial charge is 0.586 e. The molecule has 28 heavy (non-hydrogen) atoms. The Kier molecular flexibility index (Phi) is 3.82. The van der Waals surface area contributed by atoms with Crippen LogP contribution in [0, 0.1) is 5.82 Å². The summed E-state index contributed by atoms with van der Waals surface area (Å²) in [4.78, 5) is 15.0. The lowest BCUT2D eigenvalue weighted by Crippen LogP contribution is -2.46. The Hall–Kier alpha value is -2.70. The van der Waals surface area contributed by atoms with Gasteiger partial charge in [0.2, 0.25) is 0 Å². The van der Waals surface area contributed by atoms with Crippen LogP contribution in [0.2, 0.25) is 0 Å². The summed E-state index contributed by atoms with van der Waals surface area (Å²) in [7, 11) is 0. The van der Waals surface area contributed by atoms with Crippen LogP contribution < -0.4 is 9.47 Å². The van der Waals surface area contributed by atoms with E-state index in [1.807, 2.05) is 17.0 Å². The van der Waals surface area contributed by atoms with Gasteiger partial charge in [0.15, 0.2) is 11.5 Å². The third kappa shape index (κ3) is 2.89. The van der Waals surface area contributed by atoms with Crippen molar-refractivity contribution < 1.29 is 27.4 Å². The minimum Gasteiger partial charge on any atom is -0.395 e. The highest BCUT2D eigenvalue weighted by molar-refractivity contribution is 5.95. The summed E-state index contributed by atoms with van der Waals surface area (Å²) < 4.78 is 48.5. The molecule has 4 nitrogen and oxygen atoms in total. The van der Waals surface area contributed by atoms with Crippen LogP contribution in [-0.2, 0) is 0 Å². The predicted octanol–water partition coefficient (Wildman–Crippen LogP) is 4.70. The van der Waals surface area contributed by atoms with Crippen molar-refractivity contribution in [1.29, 1.82) is 0 Å². The maximum atomic E-state index is 13.2. The zero-order valence-electron chi connectivity index (χ0n) is 14.9. The molecular formula is C21H18F3NO3. The number of carbonyl (C=O) groups excluding carboxylic acids is 1. The quantitative estimate of drug-likeness (QED) is 0.748. The fourth-order valence-electron chi connectivity index (χ4n) is 4.75. The van der Waals surface area contributed by atoms with E-state index in [1.54, 1.807) is 0 Å². The second kappa shape index (κ2) is 6.15. The van der Waals surface area contributed by atoms with Crippen LogP contribution in [0.1, 0.15) is 47.5 Å². The smallest absolute Gasteiger partial charge is 0.395 e. The summed E-state index contributed by atoms with van der Waals surface area (Å²) in [5.41, 5.74) is 1.41. The number of fused-ring (bicyclic) bond motifs is 3. The van der Waals surface area contributed by atoms with Gasteiger partial charge in [-0.3, -0.25) is 4.79 Å². The number of rotatable bonds is 2. The van der Waals surface area contributed by atoms with E-state index in [9.17, 15) is 18.0 Å². The van der Waals surface area contributed by atoms with E-state index >= 15 is 0 Å². The third-order valence-electron chi connectivity index (χ3n) is 5.96. The standard InChI is InChI=1S/C21H18F3NO3/c22-15-4-1-12(2-5-15)14-9-16-6-7-17(10-14)25(16)20(26)13-3-8-18-19(11-13)28-21(23,24)27-18/h1-5,8,11,14,16-17H,6-7,9-10H2/t14-,16+,17-.